The summed E-state index contributed by atoms with van der Waals surface area (Å²) in [5.74, 6) is 0.912. The number of rotatable bonds is 4. The van der Waals surface area contributed by atoms with Crippen LogP contribution in [0.2, 0.25) is 0 Å². The molecule has 1 amide bonds. The Balaban J connectivity index is 1.63. The van der Waals surface area contributed by atoms with E-state index >= 15 is 0 Å². The lowest BCUT2D eigenvalue weighted by atomic mass is 9.94. The van der Waals surface area contributed by atoms with Gasteiger partial charge in [-0.1, -0.05) is 25.0 Å². The maximum Gasteiger partial charge on any atom is 0.230 e. The van der Waals surface area contributed by atoms with E-state index in [2.05, 4.69) is 5.32 Å². The lowest BCUT2D eigenvalue weighted by Crippen LogP contribution is -2.37. The van der Waals surface area contributed by atoms with E-state index < -0.39 is 0 Å². The smallest absolute Gasteiger partial charge is 0.230 e. The first-order valence-corrected chi connectivity index (χ1v) is 7.35. The number of nitrogen functional groups attached to an aromatic ring is 1. The molecule has 0 radical (unpaired) electrons. The second kappa shape index (κ2) is 4.87. The molecule has 3 N–H and O–H groups in total. The van der Waals surface area contributed by atoms with Crippen molar-refractivity contribution >= 4 is 11.6 Å². The van der Waals surface area contributed by atoms with Crippen LogP contribution in [0.25, 0.3) is 0 Å². The fourth-order valence-corrected chi connectivity index (χ4v) is 3.19. The molecule has 2 aliphatic carbocycles. The van der Waals surface area contributed by atoms with Gasteiger partial charge >= 0.3 is 0 Å². The van der Waals surface area contributed by atoms with Gasteiger partial charge in [0.05, 0.1) is 5.41 Å². The Hall–Kier alpha value is -1.51. The lowest BCUT2D eigenvalue weighted by molar-refractivity contribution is -0.123. The maximum atomic E-state index is 12.4. The SMILES string of the molecule is Nc1ccc(C2(C(=O)NCC3CCCC3)CC2)cc1. The van der Waals surface area contributed by atoms with E-state index in [1.165, 1.54) is 25.7 Å². The number of nitrogens with one attached hydrogen (secondary N) is 1. The van der Waals surface area contributed by atoms with Crippen LogP contribution < -0.4 is 11.1 Å². The molecule has 102 valence electrons. The van der Waals surface area contributed by atoms with Crippen LogP contribution in [-0.4, -0.2) is 12.5 Å². The van der Waals surface area contributed by atoms with Gasteiger partial charge in [-0.15, -0.1) is 0 Å². The van der Waals surface area contributed by atoms with Crippen molar-refractivity contribution in [2.45, 2.75) is 43.9 Å². The standard InChI is InChI=1S/C16H22N2O/c17-14-7-5-13(6-8-14)16(9-10-16)15(19)18-11-12-3-1-2-4-12/h5-8,12H,1-4,9-11,17H2,(H,18,19). The molecule has 3 nitrogen and oxygen atoms in total. The molecular weight excluding hydrogens is 236 g/mol. The number of anilines is 1. The molecule has 0 aromatic heterocycles. The molecule has 2 aliphatic rings. The summed E-state index contributed by atoms with van der Waals surface area (Å²) in [5.41, 5.74) is 7.32. The van der Waals surface area contributed by atoms with Crippen molar-refractivity contribution in [1.29, 1.82) is 0 Å². The van der Waals surface area contributed by atoms with Crippen LogP contribution in [0.3, 0.4) is 0 Å². The highest BCUT2D eigenvalue weighted by Gasteiger charge is 2.51. The first-order valence-electron chi connectivity index (χ1n) is 7.35. The predicted octanol–water partition coefficient (Wildman–Crippen LogP) is 2.61. The molecule has 19 heavy (non-hydrogen) atoms. The number of hydrogen-bond donors (Lipinski definition) is 2. The molecule has 2 fully saturated rings. The first-order chi connectivity index (χ1) is 9.21. The molecule has 0 unspecified atom stereocenters. The summed E-state index contributed by atoms with van der Waals surface area (Å²) in [7, 11) is 0. The largest absolute Gasteiger partial charge is 0.399 e. The van der Waals surface area contributed by atoms with Gasteiger partial charge in [-0.25, -0.2) is 0 Å². The second-order valence-corrected chi connectivity index (χ2v) is 6.06. The Morgan fingerprint density at radius 2 is 1.84 bits per heavy atom. The summed E-state index contributed by atoms with van der Waals surface area (Å²) in [6.45, 7) is 0.857. The highest BCUT2D eigenvalue weighted by molar-refractivity contribution is 5.91. The minimum atomic E-state index is -0.258. The van der Waals surface area contributed by atoms with Gasteiger partial charge in [-0.05, 0) is 49.3 Å². The van der Waals surface area contributed by atoms with Gasteiger partial charge in [-0.2, -0.15) is 0 Å². The van der Waals surface area contributed by atoms with Crippen molar-refractivity contribution in [3.05, 3.63) is 29.8 Å². The summed E-state index contributed by atoms with van der Waals surface area (Å²) in [5, 5.41) is 3.17. The number of nitrogens with two attached hydrogens (primary N) is 1. The Morgan fingerprint density at radius 1 is 1.21 bits per heavy atom. The Kier molecular flexibility index (Phi) is 3.21. The third kappa shape index (κ3) is 2.46. The Bertz CT molecular complexity index is 456. The summed E-state index contributed by atoms with van der Waals surface area (Å²) < 4.78 is 0. The number of benzene rings is 1. The fourth-order valence-electron chi connectivity index (χ4n) is 3.19. The van der Waals surface area contributed by atoms with Crippen LogP contribution in [0.15, 0.2) is 24.3 Å². The van der Waals surface area contributed by atoms with Crippen molar-refractivity contribution in [2.24, 2.45) is 5.92 Å². The van der Waals surface area contributed by atoms with Gasteiger partial charge in [0.15, 0.2) is 0 Å². The van der Waals surface area contributed by atoms with E-state index in [-0.39, 0.29) is 11.3 Å². The Labute approximate surface area is 114 Å². The number of carbonyl (C=O) groups excluding carboxylic acids is 1. The summed E-state index contributed by atoms with van der Waals surface area (Å²) in [6, 6.07) is 7.77. The molecule has 1 aromatic carbocycles. The molecule has 0 bridgehead atoms. The van der Waals surface area contributed by atoms with Gasteiger partial charge < -0.3 is 11.1 Å². The summed E-state index contributed by atoms with van der Waals surface area (Å²) in [6.07, 6.45) is 7.12. The van der Waals surface area contributed by atoms with Crippen molar-refractivity contribution in [2.75, 3.05) is 12.3 Å². The molecule has 2 saturated carbocycles. The lowest BCUT2D eigenvalue weighted by Gasteiger charge is -2.18. The quantitative estimate of drug-likeness (QED) is 0.816. The highest BCUT2D eigenvalue weighted by Crippen LogP contribution is 2.48. The van der Waals surface area contributed by atoms with Gasteiger partial charge in [0.25, 0.3) is 0 Å². The summed E-state index contributed by atoms with van der Waals surface area (Å²) >= 11 is 0. The third-order valence-electron chi connectivity index (χ3n) is 4.67. The normalized spacial score (nSPS) is 21.3. The van der Waals surface area contributed by atoms with Crippen molar-refractivity contribution in [1.82, 2.24) is 5.32 Å². The molecule has 0 aliphatic heterocycles. The molecule has 0 saturated heterocycles. The van der Waals surface area contributed by atoms with E-state index in [1.807, 2.05) is 24.3 Å². The average molecular weight is 258 g/mol. The molecule has 3 heteroatoms. The number of carbonyl (C=O) groups is 1. The van der Waals surface area contributed by atoms with Gasteiger partial charge in [0.2, 0.25) is 5.91 Å². The van der Waals surface area contributed by atoms with E-state index in [1.54, 1.807) is 0 Å². The molecule has 3 rings (SSSR count). The van der Waals surface area contributed by atoms with Crippen molar-refractivity contribution in [3.8, 4) is 0 Å². The van der Waals surface area contributed by atoms with E-state index in [0.29, 0.717) is 5.92 Å². The van der Waals surface area contributed by atoms with Crippen LogP contribution in [0.1, 0.15) is 44.1 Å². The van der Waals surface area contributed by atoms with E-state index in [9.17, 15) is 4.79 Å². The van der Waals surface area contributed by atoms with Crippen LogP contribution in [-0.2, 0) is 10.2 Å². The van der Waals surface area contributed by atoms with Crippen LogP contribution in [0, 0.1) is 5.92 Å². The molecular formula is C16H22N2O. The average Bonchev–Trinajstić information content (AvgIpc) is 3.07. The van der Waals surface area contributed by atoms with Gasteiger partial charge in [-0.3, -0.25) is 4.79 Å². The number of hydrogen-bond acceptors (Lipinski definition) is 2. The fraction of sp³-hybridized carbons (Fsp3) is 0.562. The minimum absolute atomic E-state index is 0.212. The van der Waals surface area contributed by atoms with Crippen LogP contribution in [0.4, 0.5) is 5.69 Å². The zero-order valence-corrected chi connectivity index (χ0v) is 11.3. The van der Waals surface area contributed by atoms with Crippen LogP contribution >= 0.6 is 0 Å². The van der Waals surface area contributed by atoms with Crippen molar-refractivity contribution < 1.29 is 4.79 Å². The van der Waals surface area contributed by atoms with Crippen molar-refractivity contribution in [3.63, 3.8) is 0 Å². The predicted molar refractivity (Wildman–Crippen MR) is 76.7 cm³/mol. The third-order valence-corrected chi connectivity index (χ3v) is 4.67. The highest BCUT2D eigenvalue weighted by atomic mass is 16.2. The monoisotopic (exact) mass is 258 g/mol. The Morgan fingerprint density at radius 3 is 2.42 bits per heavy atom. The zero-order chi connectivity index (χ0) is 13.3. The minimum Gasteiger partial charge on any atom is -0.399 e. The van der Waals surface area contributed by atoms with E-state index in [4.69, 9.17) is 5.73 Å². The maximum absolute atomic E-state index is 12.4. The molecule has 0 atom stereocenters. The van der Waals surface area contributed by atoms with Gasteiger partial charge in [0.1, 0.15) is 0 Å². The topological polar surface area (TPSA) is 55.1 Å². The van der Waals surface area contributed by atoms with E-state index in [0.717, 1.165) is 30.6 Å². The van der Waals surface area contributed by atoms with Crippen LogP contribution in [0.5, 0.6) is 0 Å². The zero-order valence-electron chi connectivity index (χ0n) is 11.3. The van der Waals surface area contributed by atoms with Gasteiger partial charge in [0, 0.05) is 12.2 Å². The molecule has 1 aromatic rings. The number of amides is 1. The first kappa shape index (κ1) is 12.5. The molecule has 0 spiro atoms. The summed E-state index contributed by atoms with van der Waals surface area (Å²) in [4.78, 5) is 12.4. The second-order valence-electron chi connectivity index (χ2n) is 6.06. The molecule has 0 heterocycles.